The number of hydrogen-bond acceptors (Lipinski definition) is 1. The number of carbonyl (C=O) groups is 1. The van der Waals surface area contributed by atoms with Crippen molar-refractivity contribution in [2.75, 3.05) is 0 Å². The zero-order valence-electron chi connectivity index (χ0n) is 19.4. The first-order valence-corrected chi connectivity index (χ1v) is 18.0. The zero-order chi connectivity index (χ0) is 22.9. The molecule has 0 saturated carbocycles. The van der Waals surface area contributed by atoms with Crippen LogP contribution < -0.4 is 0 Å². The quantitative estimate of drug-likeness (QED) is 0.163. The molecule has 0 aliphatic carbocycles. The van der Waals surface area contributed by atoms with Gasteiger partial charge in [0.15, 0.2) is 0 Å². The van der Waals surface area contributed by atoms with Gasteiger partial charge in [0.05, 0.1) is 5.57 Å². The Balaban J connectivity index is 0.000000330. The number of aliphatic carboxylic acids is 1. The average Bonchev–Trinajstić information content (AvgIpc) is 2.79. The van der Waals surface area contributed by atoms with Crippen LogP contribution in [0.15, 0.2) is 54.6 Å². The minimum atomic E-state index is -0.948. The topological polar surface area (TPSA) is 37.3 Å². The minimum absolute atomic E-state index is 0.262. The van der Waals surface area contributed by atoms with E-state index in [2.05, 4.69) is 20.8 Å². The molecule has 0 heterocycles. The molecule has 2 aromatic rings. The molecule has 2 rings (SSSR count). The van der Waals surface area contributed by atoms with Crippen molar-refractivity contribution in [2.24, 2.45) is 0 Å². The Labute approximate surface area is 201 Å². The van der Waals surface area contributed by atoms with Gasteiger partial charge in [-0.1, -0.05) is 54.1 Å². The van der Waals surface area contributed by atoms with Crippen LogP contribution in [0.2, 0.25) is 18.3 Å². The molecule has 0 aliphatic heterocycles. The van der Waals surface area contributed by atoms with Crippen LogP contribution in [0.5, 0.6) is 0 Å². The number of carboxylic acids is 1. The minimum Gasteiger partial charge on any atom is -0.478 e. The molecule has 0 fully saturated rings. The maximum atomic E-state index is 11.3. The molecule has 0 amide bonds. The van der Waals surface area contributed by atoms with E-state index in [-0.39, 0.29) is 5.57 Å². The summed E-state index contributed by atoms with van der Waals surface area (Å²) in [7, 11) is 0. The van der Waals surface area contributed by atoms with Gasteiger partial charge in [0.2, 0.25) is 0 Å². The third-order valence-corrected chi connectivity index (χ3v) is 14.5. The number of halogens is 1. The average molecular weight is 549 g/mol. The van der Waals surface area contributed by atoms with Gasteiger partial charge in [0, 0.05) is 5.02 Å². The maximum absolute atomic E-state index is 11.3. The molecule has 1 radical (unpaired) electrons. The van der Waals surface area contributed by atoms with Gasteiger partial charge in [0.25, 0.3) is 0 Å². The second-order valence-corrected chi connectivity index (χ2v) is 16.8. The van der Waals surface area contributed by atoms with Gasteiger partial charge in [0.1, 0.15) is 0 Å². The summed E-state index contributed by atoms with van der Waals surface area (Å²) in [5, 5.41) is 9.88. The van der Waals surface area contributed by atoms with Gasteiger partial charge in [-0.3, -0.25) is 0 Å². The smallest absolute Gasteiger partial charge is 0.336 e. The first kappa shape index (κ1) is 27.8. The third kappa shape index (κ3) is 12.4. The van der Waals surface area contributed by atoms with E-state index in [1.54, 1.807) is 55.8 Å². The molecule has 31 heavy (non-hydrogen) atoms. The molecule has 0 aromatic heterocycles. The second kappa shape index (κ2) is 17.3. The first-order valence-electron chi connectivity index (χ1n) is 11.6. The summed E-state index contributed by atoms with van der Waals surface area (Å²) in [6.45, 7) is 7.00. The van der Waals surface area contributed by atoms with Crippen LogP contribution in [-0.4, -0.2) is 30.8 Å². The van der Waals surface area contributed by atoms with Crippen molar-refractivity contribution in [3.05, 3.63) is 70.7 Å². The SMILES string of the molecule is CCC[CH2][Sn]([CH2]CCC)[CH2]CCC.O=C(O)/C(=C/c1ccc(Cl)cc1)c1ccccc1. The van der Waals surface area contributed by atoms with Crippen molar-refractivity contribution in [2.45, 2.75) is 72.6 Å². The Morgan fingerprint density at radius 1 is 0.839 bits per heavy atom. The Kier molecular flexibility index (Phi) is 15.5. The first-order chi connectivity index (χ1) is 15.0. The Morgan fingerprint density at radius 3 is 1.74 bits per heavy atom. The number of benzene rings is 2. The summed E-state index contributed by atoms with van der Waals surface area (Å²) >= 11 is 4.95. The van der Waals surface area contributed by atoms with Crippen LogP contribution in [0, 0.1) is 0 Å². The normalized spacial score (nSPS) is 11.2. The van der Waals surface area contributed by atoms with Gasteiger partial charge in [-0.05, 0) is 29.3 Å². The van der Waals surface area contributed by atoms with E-state index in [1.165, 1.54) is 38.5 Å². The van der Waals surface area contributed by atoms with Crippen LogP contribution in [0.4, 0.5) is 0 Å². The fraction of sp³-hybridized carbons (Fsp3) is 0.444. The predicted molar refractivity (Wildman–Crippen MR) is 138 cm³/mol. The summed E-state index contributed by atoms with van der Waals surface area (Å²) in [4.78, 5) is 11.3. The molecule has 2 nitrogen and oxygen atoms in total. The van der Waals surface area contributed by atoms with E-state index in [1.807, 2.05) is 18.2 Å². The third-order valence-electron chi connectivity index (χ3n) is 5.15. The van der Waals surface area contributed by atoms with Crippen molar-refractivity contribution in [1.29, 1.82) is 0 Å². The standard InChI is InChI=1S/C15H11ClO2.3C4H9.Sn/c16-13-8-6-11(7-9-13)10-14(15(17)18)12-4-2-1-3-5-12;3*1-3-4-2;/h1-10H,(H,17,18);3*1,3-4H2,2H3;/b14-10+;;;;. The van der Waals surface area contributed by atoms with Crippen molar-refractivity contribution < 1.29 is 9.90 Å². The van der Waals surface area contributed by atoms with Crippen molar-refractivity contribution >= 4 is 49.0 Å². The molecule has 1 N–H and O–H groups in total. The van der Waals surface area contributed by atoms with Crippen LogP contribution >= 0.6 is 11.6 Å². The van der Waals surface area contributed by atoms with Gasteiger partial charge in [-0.25, -0.2) is 4.79 Å². The van der Waals surface area contributed by atoms with Crippen LogP contribution in [0.3, 0.4) is 0 Å². The van der Waals surface area contributed by atoms with Gasteiger partial charge in [-0.15, -0.1) is 0 Å². The molecule has 0 atom stereocenters. The fourth-order valence-corrected chi connectivity index (χ4v) is 12.8. The maximum Gasteiger partial charge on any atom is 0.336 e. The zero-order valence-corrected chi connectivity index (χ0v) is 23.0. The largest absolute Gasteiger partial charge is 0.478 e. The molecule has 169 valence electrons. The molecule has 0 bridgehead atoms. The molecule has 4 heteroatoms. The summed E-state index contributed by atoms with van der Waals surface area (Å²) in [5.74, 6) is -0.948. The number of carboxylic acid groups (broad SMARTS) is 1. The van der Waals surface area contributed by atoms with Gasteiger partial charge < -0.3 is 5.11 Å². The Morgan fingerprint density at radius 2 is 1.32 bits per heavy atom. The van der Waals surface area contributed by atoms with Gasteiger partial charge in [-0.2, -0.15) is 0 Å². The van der Waals surface area contributed by atoms with E-state index >= 15 is 0 Å². The number of hydrogen-bond donors (Lipinski definition) is 1. The van der Waals surface area contributed by atoms with Gasteiger partial charge >= 0.3 is 98.3 Å². The molecule has 0 spiro atoms. The number of rotatable bonds is 12. The predicted octanol–water partition coefficient (Wildman–Crippen LogP) is 8.85. The van der Waals surface area contributed by atoms with Crippen LogP contribution in [0.25, 0.3) is 11.6 Å². The van der Waals surface area contributed by atoms with Crippen molar-refractivity contribution in [3.63, 3.8) is 0 Å². The summed E-state index contributed by atoms with van der Waals surface area (Å²) in [6.07, 6.45) is 10.5. The van der Waals surface area contributed by atoms with Crippen LogP contribution in [-0.2, 0) is 4.79 Å². The summed E-state index contributed by atoms with van der Waals surface area (Å²) in [5.41, 5.74) is 1.75. The van der Waals surface area contributed by atoms with E-state index in [9.17, 15) is 9.90 Å². The van der Waals surface area contributed by atoms with E-state index < -0.39 is 25.7 Å². The fourth-order valence-electron chi connectivity index (χ4n) is 3.27. The second-order valence-electron chi connectivity index (χ2n) is 7.84. The molecule has 0 saturated heterocycles. The van der Waals surface area contributed by atoms with Crippen molar-refractivity contribution in [3.8, 4) is 0 Å². The van der Waals surface area contributed by atoms with Crippen LogP contribution in [0.1, 0.15) is 70.4 Å². The summed E-state index contributed by atoms with van der Waals surface area (Å²) < 4.78 is 5.04. The molecule has 0 aliphatic rings. The van der Waals surface area contributed by atoms with E-state index in [4.69, 9.17) is 11.6 Å². The number of unbranched alkanes of at least 4 members (excludes halogenated alkanes) is 3. The Hall–Kier alpha value is -1.26. The molecular weight excluding hydrogens is 510 g/mol. The van der Waals surface area contributed by atoms with Crippen molar-refractivity contribution in [1.82, 2.24) is 0 Å². The molecular formula is C27H38ClO2Sn. The summed E-state index contributed by atoms with van der Waals surface area (Å²) in [6, 6.07) is 16.1. The monoisotopic (exact) mass is 549 g/mol. The molecule has 2 aromatic carbocycles. The Bertz CT molecular complexity index is 738. The van der Waals surface area contributed by atoms with E-state index in [0.717, 1.165) is 5.56 Å². The molecule has 0 unspecified atom stereocenters. The van der Waals surface area contributed by atoms with E-state index in [0.29, 0.717) is 10.6 Å².